The largest absolute Gasteiger partial charge is 3.00 e. The molecule has 0 amide bonds. The number of hydrogen-bond donors (Lipinski definition) is 0. The van der Waals surface area contributed by atoms with Crippen LogP contribution in [0.4, 0.5) is 26.3 Å². The molecule has 0 bridgehead atoms. The normalized spacial score (nSPS) is 15.9. The van der Waals surface area contributed by atoms with E-state index < -0.39 is 31.3 Å². The molecule has 0 saturated heterocycles. The summed E-state index contributed by atoms with van der Waals surface area (Å²) in [6, 6.07) is 5.72. The maximum Gasteiger partial charge on any atom is 3.00 e. The van der Waals surface area contributed by atoms with Crippen molar-refractivity contribution >= 4 is 20.2 Å². The Morgan fingerprint density at radius 2 is 0.771 bits per heavy atom. The molecule has 0 aromatic carbocycles. The van der Waals surface area contributed by atoms with Crippen molar-refractivity contribution in [2.75, 3.05) is 0 Å². The molecule has 0 aliphatic heterocycles. The minimum Gasteiger partial charge on any atom is -0.741 e. The van der Waals surface area contributed by atoms with E-state index in [0.717, 1.165) is 0 Å². The Morgan fingerprint density at radius 1 is 0.600 bits per heavy atom. The van der Waals surface area contributed by atoms with Crippen LogP contribution in [0.25, 0.3) is 0 Å². The van der Waals surface area contributed by atoms with Crippen molar-refractivity contribution in [3.05, 3.63) is 60.2 Å². The number of hydrogen-bond acceptors (Lipinski definition) is 7. The van der Waals surface area contributed by atoms with Gasteiger partial charge in [0, 0.05) is 12.4 Å². The van der Waals surface area contributed by atoms with E-state index in [4.69, 9.17) is 25.9 Å². The molecule has 1 aromatic heterocycles. The Kier molecular flexibility index (Phi) is 22.1. The van der Waals surface area contributed by atoms with E-state index in [1.165, 1.54) is 29.6 Å². The van der Waals surface area contributed by atoms with Crippen molar-refractivity contribution in [3.8, 4) is 0 Å². The quantitative estimate of drug-likeness (QED) is 0.178. The molecular formula is C17H24F6NO8RhS2+. The van der Waals surface area contributed by atoms with E-state index in [-0.39, 0.29) is 30.4 Å². The van der Waals surface area contributed by atoms with Crippen LogP contribution in [0.1, 0.15) is 34.6 Å². The van der Waals surface area contributed by atoms with Crippen LogP contribution in [0.2, 0.25) is 0 Å². The second-order valence-electron chi connectivity index (χ2n) is 5.95. The van der Waals surface area contributed by atoms with E-state index in [1.807, 2.05) is 18.2 Å². The van der Waals surface area contributed by atoms with Crippen molar-refractivity contribution in [1.82, 2.24) is 4.98 Å². The summed E-state index contributed by atoms with van der Waals surface area (Å²) in [5.74, 6) is 7.34. The Hall–Kier alpha value is -0.907. The molecule has 5 radical (unpaired) electrons. The SMILES string of the molecule is C[C]1[C](C)[C](C)[C](C)[C]1C.O.O.O=S(=O)([O-])C(F)(F)F.O=S(=O)([O-])C(F)(F)F.[Rh+3].c1ccncc1. The van der Waals surface area contributed by atoms with Crippen LogP contribution in [0, 0.1) is 29.6 Å². The van der Waals surface area contributed by atoms with E-state index in [2.05, 4.69) is 39.6 Å². The summed E-state index contributed by atoms with van der Waals surface area (Å²) in [5.41, 5.74) is -11.3. The predicted octanol–water partition coefficient (Wildman–Crippen LogP) is 2.50. The second kappa shape index (κ2) is 17.5. The molecule has 0 atom stereocenters. The zero-order valence-electron chi connectivity index (χ0n) is 18.7. The number of halogens is 6. The Balaban J connectivity index is -0.000000113. The maximum absolute atomic E-state index is 10.7. The summed E-state index contributed by atoms with van der Waals surface area (Å²) in [7, 11) is -12.2. The van der Waals surface area contributed by atoms with E-state index >= 15 is 0 Å². The van der Waals surface area contributed by atoms with Gasteiger partial charge in [0.25, 0.3) is 0 Å². The third-order valence-electron chi connectivity index (χ3n) is 3.95. The van der Waals surface area contributed by atoms with Crippen LogP contribution in [-0.4, -0.2) is 52.9 Å². The van der Waals surface area contributed by atoms with Gasteiger partial charge in [0.1, 0.15) is 0 Å². The molecule has 1 aliphatic rings. The minimum absolute atomic E-state index is 0. The van der Waals surface area contributed by atoms with Gasteiger partial charge >= 0.3 is 30.5 Å². The Morgan fingerprint density at radius 3 is 0.829 bits per heavy atom. The molecule has 18 heteroatoms. The fraction of sp³-hybridized carbons (Fsp3) is 0.412. The van der Waals surface area contributed by atoms with Crippen molar-refractivity contribution < 1.29 is 82.7 Å². The first-order valence-corrected chi connectivity index (χ1v) is 11.0. The van der Waals surface area contributed by atoms with Gasteiger partial charge in [-0.15, -0.1) is 0 Å². The molecular weight excluding hydrogens is 627 g/mol. The van der Waals surface area contributed by atoms with Crippen molar-refractivity contribution in [3.63, 3.8) is 0 Å². The Bertz CT molecular complexity index is 757. The molecule has 0 unspecified atom stereocenters. The van der Waals surface area contributed by atoms with Gasteiger partial charge in [-0.1, -0.05) is 40.7 Å². The van der Waals surface area contributed by atoms with Crippen LogP contribution < -0.4 is 0 Å². The first-order chi connectivity index (χ1) is 14.1. The molecule has 1 heterocycles. The number of pyridine rings is 1. The number of aromatic nitrogens is 1. The predicted molar refractivity (Wildman–Crippen MR) is 108 cm³/mol. The maximum atomic E-state index is 10.7. The van der Waals surface area contributed by atoms with E-state index in [0.29, 0.717) is 0 Å². The van der Waals surface area contributed by atoms with Crippen LogP contribution >= 0.6 is 0 Å². The second-order valence-corrected chi connectivity index (χ2v) is 8.69. The molecule has 207 valence electrons. The van der Waals surface area contributed by atoms with Crippen LogP contribution in [0.3, 0.4) is 0 Å². The van der Waals surface area contributed by atoms with Gasteiger partial charge in [-0.05, 0) is 41.7 Å². The third-order valence-corrected chi connectivity index (χ3v) is 5.08. The molecule has 2 rings (SSSR count). The summed E-state index contributed by atoms with van der Waals surface area (Å²) >= 11 is 0. The molecule has 0 spiro atoms. The monoisotopic (exact) mass is 651 g/mol. The van der Waals surface area contributed by atoms with E-state index in [9.17, 15) is 26.3 Å². The summed E-state index contributed by atoms with van der Waals surface area (Å²) in [6.45, 7) is 11.0. The fourth-order valence-corrected chi connectivity index (χ4v) is 1.72. The van der Waals surface area contributed by atoms with Gasteiger partial charge in [-0.25, -0.2) is 16.8 Å². The smallest absolute Gasteiger partial charge is 0.741 e. The first kappa shape index (κ1) is 44.1. The standard InChI is InChI=1S/C10H15.C5H5N.2CHF3O3S.2H2O.Rh/c1-6-7(2)9(4)10(5)8(6)3;1-2-4-6-5-3-1;2*2-1(3,4)8(5,6)7;;;/h1-5H3;1-5H;2*(H,5,6,7);2*1H2;/q;;;;;;+3/p-2. The van der Waals surface area contributed by atoms with Crippen molar-refractivity contribution in [1.29, 1.82) is 0 Å². The topological polar surface area (TPSA) is 190 Å². The van der Waals surface area contributed by atoms with E-state index in [1.54, 1.807) is 12.4 Å². The van der Waals surface area contributed by atoms with Crippen LogP contribution in [0.15, 0.2) is 30.6 Å². The average Bonchev–Trinajstić information content (AvgIpc) is 2.79. The third kappa shape index (κ3) is 17.2. The number of alkyl halides is 6. The van der Waals surface area contributed by atoms with Crippen LogP contribution in [0.5, 0.6) is 0 Å². The summed E-state index contributed by atoms with van der Waals surface area (Å²) in [6.07, 6.45) is 3.50. The van der Waals surface area contributed by atoms with Gasteiger partial charge in [0.05, 0.1) is 0 Å². The number of nitrogens with zero attached hydrogens (tertiary/aromatic N) is 1. The van der Waals surface area contributed by atoms with Gasteiger partial charge in [-0.2, -0.15) is 26.3 Å². The zero-order valence-corrected chi connectivity index (χ0v) is 22.0. The molecule has 1 fully saturated rings. The summed E-state index contributed by atoms with van der Waals surface area (Å²) in [5, 5.41) is 0. The number of rotatable bonds is 0. The molecule has 35 heavy (non-hydrogen) atoms. The molecule has 1 aliphatic carbocycles. The zero-order chi connectivity index (χ0) is 26.1. The van der Waals surface area contributed by atoms with Gasteiger partial charge < -0.3 is 20.1 Å². The van der Waals surface area contributed by atoms with Crippen molar-refractivity contribution in [2.45, 2.75) is 45.6 Å². The molecule has 4 N–H and O–H groups in total. The van der Waals surface area contributed by atoms with Crippen LogP contribution in [-0.2, 0) is 39.7 Å². The van der Waals surface area contributed by atoms with Gasteiger partial charge in [0.2, 0.25) is 0 Å². The van der Waals surface area contributed by atoms with Gasteiger partial charge in [-0.3, -0.25) is 4.98 Å². The van der Waals surface area contributed by atoms with Crippen molar-refractivity contribution in [2.24, 2.45) is 0 Å². The summed E-state index contributed by atoms with van der Waals surface area (Å²) in [4.78, 5) is 3.78. The summed E-state index contributed by atoms with van der Waals surface area (Å²) < 4.78 is 118. The average molecular weight is 651 g/mol. The molecule has 1 aromatic rings. The minimum atomic E-state index is -6.09. The van der Waals surface area contributed by atoms with Gasteiger partial charge in [0.15, 0.2) is 20.2 Å². The fourth-order valence-electron chi connectivity index (χ4n) is 1.72. The first-order valence-electron chi connectivity index (χ1n) is 8.14. The Labute approximate surface area is 213 Å². The molecule has 9 nitrogen and oxygen atoms in total. The molecule has 1 saturated carbocycles.